The molecule has 1 aliphatic rings. The monoisotopic (exact) mass is 523 g/mol. The Hall–Kier alpha value is -3.40. The molecule has 0 atom stereocenters. The topological polar surface area (TPSA) is 117 Å². The predicted octanol–water partition coefficient (Wildman–Crippen LogP) is 3.74. The lowest BCUT2D eigenvalue weighted by Crippen LogP contribution is -2.48. The van der Waals surface area contributed by atoms with Crippen molar-refractivity contribution in [2.45, 2.75) is 43.7 Å². The minimum Gasteiger partial charge on any atom is -0.496 e. The van der Waals surface area contributed by atoms with Gasteiger partial charge in [0.2, 0.25) is 0 Å². The van der Waals surface area contributed by atoms with Gasteiger partial charge in [-0.1, -0.05) is 54.6 Å². The zero-order valence-corrected chi connectivity index (χ0v) is 21.6. The molecule has 9 heteroatoms. The summed E-state index contributed by atoms with van der Waals surface area (Å²) in [6, 6.07) is 23.6. The number of aliphatic hydroxyl groups excluding tert-OH is 1. The van der Waals surface area contributed by atoms with Crippen LogP contribution < -0.4 is 19.5 Å². The number of methoxy groups -OCH3 is 1. The third-order valence-electron chi connectivity index (χ3n) is 6.95. The van der Waals surface area contributed by atoms with Gasteiger partial charge in [-0.3, -0.25) is 9.52 Å². The first-order valence-electron chi connectivity index (χ1n) is 12.3. The number of aliphatic hydroxyl groups is 1. The van der Waals surface area contributed by atoms with Crippen molar-refractivity contribution >= 4 is 21.8 Å². The molecule has 8 nitrogen and oxygen atoms in total. The van der Waals surface area contributed by atoms with Crippen LogP contribution in [0.4, 0.5) is 5.69 Å². The van der Waals surface area contributed by atoms with E-state index in [-0.39, 0.29) is 24.0 Å². The maximum atomic E-state index is 13.0. The van der Waals surface area contributed by atoms with Crippen molar-refractivity contribution in [1.82, 2.24) is 10.0 Å². The van der Waals surface area contributed by atoms with E-state index in [9.17, 15) is 18.3 Å². The summed E-state index contributed by atoms with van der Waals surface area (Å²) < 4.78 is 36.2. The molecular weight excluding hydrogens is 490 g/mol. The third kappa shape index (κ3) is 6.68. The lowest BCUT2D eigenvalue weighted by Gasteiger charge is -2.41. The minimum absolute atomic E-state index is 0.166. The number of amides is 1. The number of hydrogen-bond donors (Lipinski definition) is 4. The largest absolute Gasteiger partial charge is 0.496 e. The van der Waals surface area contributed by atoms with Crippen LogP contribution in [0.5, 0.6) is 5.75 Å². The highest BCUT2D eigenvalue weighted by Crippen LogP contribution is 2.39. The van der Waals surface area contributed by atoms with E-state index in [0.717, 1.165) is 5.56 Å². The fraction of sp³-hybridized carbons (Fsp3) is 0.321. The van der Waals surface area contributed by atoms with Gasteiger partial charge >= 0.3 is 0 Å². The summed E-state index contributed by atoms with van der Waals surface area (Å²) in [5, 5.41) is 12.4. The zero-order chi connectivity index (χ0) is 26.3. The first-order chi connectivity index (χ1) is 17.8. The van der Waals surface area contributed by atoms with E-state index in [4.69, 9.17) is 4.74 Å². The Labute approximate surface area is 218 Å². The molecule has 0 spiro atoms. The molecule has 0 saturated heterocycles. The van der Waals surface area contributed by atoms with Gasteiger partial charge in [-0.2, -0.15) is 13.1 Å². The van der Waals surface area contributed by atoms with E-state index in [2.05, 4.69) is 26.9 Å². The molecular formula is C28H33N3O5S. The van der Waals surface area contributed by atoms with Gasteiger partial charge in [0.1, 0.15) is 5.75 Å². The Bertz CT molecular complexity index is 1310. The van der Waals surface area contributed by atoms with Crippen LogP contribution in [0.3, 0.4) is 0 Å². The average molecular weight is 524 g/mol. The Kier molecular flexibility index (Phi) is 8.48. The van der Waals surface area contributed by atoms with Crippen LogP contribution in [0, 0.1) is 0 Å². The van der Waals surface area contributed by atoms with Crippen molar-refractivity contribution in [2.75, 3.05) is 18.4 Å². The molecule has 3 aromatic carbocycles. The summed E-state index contributed by atoms with van der Waals surface area (Å²) in [7, 11) is -2.26. The fourth-order valence-corrected chi connectivity index (χ4v) is 6.13. The zero-order valence-electron chi connectivity index (χ0n) is 20.8. The van der Waals surface area contributed by atoms with E-state index >= 15 is 0 Å². The lowest BCUT2D eigenvalue weighted by molar-refractivity contribution is 0.0932. The van der Waals surface area contributed by atoms with E-state index in [1.54, 1.807) is 42.5 Å². The molecule has 1 aliphatic carbocycles. The minimum atomic E-state index is -3.80. The van der Waals surface area contributed by atoms with Gasteiger partial charge < -0.3 is 15.2 Å². The number of rotatable bonds is 10. The number of para-hydroxylation sites is 1. The number of ether oxygens (including phenoxy) is 1. The molecule has 0 aliphatic heterocycles. The van der Waals surface area contributed by atoms with Crippen LogP contribution >= 0.6 is 0 Å². The maximum absolute atomic E-state index is 13.0. The number of benzene rings is 3. The summed E-state index contributed by atoms with van der Waals surface area (Å²) in [6.45, 7) is 0.264. The molecule has 3 aromatic rings. The van der Waals surface area contributed by atoms with Crippen molar-refractivity contribution in [3.05, 3.63) is 95.6 Å². The van der Waals surface area contributed by atoms with E-state index in [0.29, 0.717) is 54.8 Å². The second-order valence-electron chi connectivity index (χ2n) is 9.39. The van der Waals surface area contributed by atoms with Crippen molar-refractivity contribution in [1.29, 1.82) is 0 Å². The molecule has 4 N–H and O–H groups in total. The van der Waals surface area contributed by atoms with Crippen LogP contribution in [0.15, 0.2) is 78.9 Å². The Morgan fingerprint density at radius 2 is 1.70 bits per heavy atom. The van der Waals surface area contributed by atoms with Gasteiger partial charge in [-0.25, -0.2) is 0 Å². The van der Waals surface area contributed by atoms with Crippen LogP contribution in [0.25, 0.3) is 0 Å². The van der Waals surface area contributed by atoms with Crippen molar-refractivity contribution < 1.29 is 23.1 Å². The molecule has 0 aromatic heterocycles. The summed E-state index contributed by atoms with van der Waals surface area (Å²) in [5.41, 5.74) is 2.30. The van der Waals surface area contributed by atoms with Crippen LogP contribution in [-0.2, 0) is 22.2 Å². The molecule has 1 fully saturated rings. The molecule has 0 bridgehead atoms. The number of nitrogens with one attached hydrogen (secondary N) is 3. The van der Waals surface area contributed by atoms with E-state index in [1.807, 2.05) is 24.3 Å². The number of anilines is 1. The van der Waals surface area contributed by atoms with Crippen LogP contribution in [0.1, 0.15) is 47.2 Å². The smallest absolute Gasteiger partial charge is 0.299 e. The summed E-state index contributed by atoms with van der Waals surface area (Å²) in [5.74, 6) is 0.314. The molecule has 0 unspecified atom stereocenters. The Morgan fingerprint density at radius 1 is 1.00 bits per heavy atom. The molecule has 1 amide bonds. The summed E-state index contributed by atoms with van der Waals surface area (Å²) in [6.07, 6.45) is 2.65. The number of hydrogen-bond acceptors (Lipinski definition) is 5. The molecule has 4 rings (SSSR count). The van der Waals surface area contributed by atoms with Gasteiger partial charge in [-0.05, 0) is 61.1 Å². The predicted molar refractivity (Wildman–Crippen MR) is 144 cm³/mol. The molecule has 0 heterocycles. The highest BCUT2D eigenvalue weighted by atomic mass is 32.2. The number of carbonyl (C=O) groups is 1. The fourth-order valence-electron chi connectivity index (χ4n) is 4.96. The first kappa shape index (κ1) is 26.7. The highest BCUT2D eigenvalue weighted by Gasteiger charge is 2.38. The third-order valence-corrected chi connectivity index (χ3v) is 8.10. The van der Waals surface area contributed by atoms with Crippen molar-refractivity contribution in [3.8, 4) is 5.75 Å². The quantitative estimate of drug-likeness (QED) is 0.323. The van der Waals surface area contributed by atoms with Gasteiger partial charge in [0.15, 0.2) is 0 Å². The standard InChI is InChI=1S/C28H33N3O5S/c1-36-26-13-6-5-12-25(26)27(33)29-20-28(22-9-3-2-4-10-22)16-14-23(15-17-28)30-37(34,35)31-24-11-7-8-21(18-24)19-32/h2-13,18,23,30-32H,14-17,19-20H2,1H3,(H,29,33)/t23-,28-. The van der Waals surface area contributed by atoms with Gasteiger partial charge in [0.25, 0.3) is 16.1 Å². The Balaban J connectivity index is 1.44. The van der Waals surface area contributed by atoms with Crippen molar-refractivity contribution in [3.63, 3.8) is 0 Å². The summed E-state index contributed by atoms with van der Waals surface area (Å²) in [4.78, 5) is 13.0. The molecule has 37 heavy (non-hydrogen) atoms. The molecule has 0 radical (unpaired) electrons. The summed E-state index contributed by atoms with van der Waals surface area (Å²) >= 11 is 0. The number of carbonyl (C=O) groups excluding carboxylic acids is 1. The normalized spacial score (nSPS) is 19.7. The average Bonchev–Trinajstić information content (AvgIpc) is 2.92. The second-order valence-corrected chi connectivity index (χ2v) is 10.8. The van der Waals surface area contributed by atoms with Gasteiger partial charge in [-0.15, -0.1) is 0 Å². The first-order valence-corrected chi connectivity index (χ1v) is 13.8. The highest BCUT2D eigenvalue weighted by molar-refractivity contribution is 7.90. The second kappa shape index (κ2) is 11.8. The Morgan fingerprint density at radius 3 is 2.41 bits per heavy atom. The van der Waals surface area contributed by atoms with Crippen molar-refractivity contribution in [2.24, 2.45) is 0 Å². The van der Waals surface area contributed by atoms with E-state index in [1.165, 1.54) is 7.11 Å². The van der Waals surface area contributed by atoms with E-state index < -0.39 is 10.2 Å². The molecule has 196 valence electrons. The van der Waals surface area contributed by atoms with Gasteiger partial charge in [0.05, 0.1) is 25.0 Å². The van der Waals surface area contributed by atoms with Crippen LogP contribution in [0.2, 0.25) is 0 Å². The maximum Gasteiger partial charge on any atom is 0.299 e. The van der Waals surface area contributed by atoms with Crippen LogP contribution in [-0.4, -0.2) is 39.1 Å². The molecule has 1 saturated carbocycles. The lowest BCUT2D eigenvalue weighted by atomic mass is 9.68. The van der Waals surface area contributed by atoms with Gasteiger partial charge in [0, 0.05) is 18.0 Å². The SMILES string of the molecule is COc1ccccc1C(=O)NC[C@]1(c2ccccc2)CC[C@H](NS(=O)(=O)Nc2cccc(CO)c2)CC1.